The molecule has 0 saturated heterocycles. The average Bonchev–Trinajstić information content (AvgIpc) is 2.35. The summed E-state index contributed by atoms with van der Waals surface area (Å²) in [6, 6.07) is 6.33. The fourth-order valence-corrected chi connectivity index (χ4v) is 2.14. The van der Waals surface area contributed by atoms with Crippen molar-refractivity contribution in [1.29, 1.82) is 0 Å². The lowest BCUT2D eigenvalue weighted by Gasteiger charge is -2.29. The van der Waals surface area contributed by atoms with Crippen LogP contribution in [0, 0.1) is 6.92 Å². The van der Waals surface area contributed by atoms with Crippen molar-refractivity contribution in [3.05, 3.63) is 34.9 Å². The van der Waals surface area contributed by atoms with Gasteiger partial charge in [0, 0.05) is 13.1 Å². The number of carbonyl (C=O) groups excluding carboxylic acids is 2. The minimum atomic E-state index is -0.0247. The molecular formula is C13H16N2O2. The van der Waals surface area contributed by atoms with Crippen LogP contribution in [-0.4, -0.2) is 30.3 Å². The SMILES string of the molecule is Cc1ccc2c(c1)CCN(C(=O)CNC=O)C2. The molecule has 90 valence electrons. The molecule has 0 bridgehead atoms. The molecule has 0 aromatic heterocycles. The van der Waals surface area contributed by atoms with E-state index >= 15 is 0 Å². The number of hydrogen-bond donors (Lipinski definition) is 1. The second kappa shape index (κ2) is 4.99. The van der Waals surface area contributed by atoms with E-state index in [1.54, 1.807) is 4.90 Å². The number of nitrogens with zero attached hydrogens (tertiary/aromatic N) is 1. The number of benzene rings is 1. The number of hydrogen-bond acceptors (Lipinski definition) is 2. The molecule has 0 spiro atoms. The first kappa shape index (κ1) is 11.6. The van der Waals surface area contributed by atoms with Gasteiger partial charge in [-0.15, -0.1) is 0 Å². The molecule has 1 aliphatic rings. The Hall–Kier alpha value is -1.84. The lowest BCUT2D eigenvalue weighted by Crippen LogP contribution is -2.40. The smallest absolute Gasteiger partial charge is 0.242 e. The van der Waals surface area contributed by atoms with E-state index in [4.69, 9.17) is 0 Å². The highest BCUT2D eigenvalue weighted by atomic mass is 16.2. The first-order chi connectivity index (χ1) is 8.20. The summed E-state index contributed by atoms with van der Waals surface area (Å²) < 4.78 is 0. The number of carbonyl (C=O) groups is 2. The maximum Gasteiger partial charge on any atom is 0.242 e. The van der Waals surface area contributed by atoms with Crippen molar-refractivity contribution in [2.45, 2.75) is 19.9 Å². The molecule has 17 heavy (non-hydrogen) atoms. The zero-order valence-electron chi connectivity index (χ0n) is 9.90. The van der Waals surface area contributed by atoms with Crippen molar-refractivity contribution >= 4 is 12.3 Å². The van der Waals surface area contributed by atoms with Gasteiger partial charge in [0.15, 0.2) is 0 Å². The van der Waals surface area contributed by atoms with Gasteiger partial charge >= 0.3 is 0 Å². The molecular weight excluding hydrogens is 216 g/mol. The second-order valence-electron chi connectivity index (χ2n) is 4.34. The summed E-state index contributed by atoms with van der Waals surface area (Å²) in [5.74, 6) is -0.0247. The predicted octanol–water partition coefficient (Wildman–Crippen LogP) is 0.626. The van der Waals surface area contributed by atoms with Crippen LogP contribution in [0.1, 0.15) is 16.7 Å². The quantitative estimate of drug-likeness (QED) is 0.777. The van der Waals surface area contributed by atoms with Gasteiger partial charge in [-0.05, 0) is 24.5 Å². The monoisotopic (exact) mass is 232 g/mol. The van der Waals surface area contributed by atoms with E-state index in [0.29, 0.717) is 13.0 Å². The Morgan fingerprint density at radius 1 is 1.47 bits per heavy atom. The molecule has 1 aromatic rings. The summed E-state index contributed by atoms with van der Waals surface area (Å²) in [7, 11) is 0. The molecule has 4 heteroatoms. The van der Waals surface area contributed by atoms with E-state index in [0.717, 1.165) is 13.0 Å². The maximum absolute atomic E-state index is 11.7. The molecule has 0 atom stereocenters. The topological polar surface area (TPSA) is 49.4 Å². The highest BCUT2D eigenvalue weighted by Crippen LogP contribution is 2.19. The normalized spacial score (nSPS) is 14.1. The van der Waals surface area contributed by atoms with Crippen LogP contribution in [0.5, 0.6) is 0 Å². The van der Waals surface area contributed by atoms with Crippen LogP contribution in [0.15, 0.2) is 18.2 Å². The third-order valence-electron chi connectivity index (χ3n) is 3.06. The van der Waals surface area contributed by atoms with Crippen LogP contribution < -0.4 is 5.32 Å². The predicted molar refractivity (Wildman–Crippen MR) is 64.4 cm³/mol. The fourth-order valence-electron chi connectivity index (χ4n) is 2.14. The summed E-state index contributed by atoms with van der Waals surface area (Å²) >= 11 is 0. The average molecular weight is 232 g/mol. The maximum atomic E-state index is 11.7. The largest absolute Gasteiger partial charge is 0.350 e. The van der Waals surface area contributed by atoms with Gasteiger partial charge in [-0.3, -0.25) is 9.59 Å². The molecule has 1 N–H and O–H groups in total. The van der Waals surface area contributed by atoms with Crippen molar-refractivity contribution in [3.63, 3.8) is 0 Å². The summed E-state index contributed by atoms with van der Waals surface area (Å²) in [5, 5.41) is 2.41. The molecule has 2 amide bonds. The van der Waals surface area contributed by atoms with Gasteiger partial charge in [0.2, 0.25) is 12.3 Å². The molecule has 0 saturated carbocycles. The van der Waals surface area contributed by atoms with Crippen LogP contribution >= 0.6 is 0 Å². The van der Waals surface area contributed by atoms with Gasteiger partial charge in [0.25, 0.3) is 0 Å². The third kappa shape index (κ3) is 2.64. The molecule has 1 heterocycles. The molecule has 1 aromatic carbocycles. The summed E-state index contributed by atoms with van der Waals surface area (Å²) in [4.78, 5) is 23.7. The van der Waals surface area contributed by atoms with E-state index in [2.05, 4.69) is 30.4 Å². The summed E-state index contributed by atoms with van der Waals surface area (Å²) in [6.07, 6.45) is 1.45. The van der Waals surface area contributed by atoms with Gasteiger partial charge in [-0.2, -0.15) is 0 Å². The zero-order chi connectivity index (χ0) is 12.3. The standard InChI is InChI=1S/C13H16N2O2/c1-10-2-3-12-8-15(5-4-11(12)6-10)13(17)7-14-9-16/h2-3,6,9H,4-5,7-8H2,1H3,(H,14,16). The third-order valence-corrected chi connectivity index (χ3v) is 3.06. The van der Waals surface area contributed by atoms with Gasteiger partial charge in [0.1, 0.15) is 0 Å². The van der Waals surface area contributed by atoms with Crippen molar-refractivity contribution in [2.24, 2.45) is 0 Å². The molecule has 1 aliphatic heterocycles. The van der Waals surface area contributed by atoms with Crippen LogP contribution in [0.3, 0.4) is 0 Å². The molecule has 0 fully saturated rings. The fraction of sp³-hybridized carbons (Fsp3) is 0.385. The lowest BCUT2D eigenvalue weighted by molar-refractivity contribution is -0.132. The van der Waals surface area contributed by atoms with Gasteiger partial charge < -0.3 is 10.2 Å². The van der Waals surface area contributed by atoms with Gasteiger partial charge in [-0.1, -0.05) is 23.8 Å². The van der Waals surface area contributed by atoms with Crippen LogP contribution in [0.2, 0.25) is 0 Å². The number of aryl methyl sites for hydroxylation is 1. The number of rotatable bonds is 3. The first-order valence-corrected chi connectivity index (χ1v) is 5.74. The Balaban J connectivity index is 2.05. The Bertz CT molecular complexity index is 443. The van der Waals surface area contributed by atoms with E-state index in [1.807, 2.05) is 0 Å². The van der Waals surface area contributed by atoms with E-state index in [-0.39, 0.29) is 12.5 Å². The lowest BCUT2D eigenvalue weighted by atomic mass is 9.98. The molecule has 2 rings (SSSR count). The van der Waals surface area contributed by atoms with Gasteiger partial charge in [0.05, 0.1) is 6.54 Å². The minimum Gasteiger partial charge on any atom is -0.350 e. The molecule has 0 unspecified atom stereocenters. The minimum absolute atomic E-state index is 0.0247. The van der Waals surface area contributed by atoms with Crippen LogP contribution in [0.4, 0.5) is 0 Å². The van der Waals surface area contributed by atoms with Crippen molar-refractivity contribution in [3.8, 4) is 0 Å². The summed E-state index contributed by atoms with van der Waals surface area (Å²) in [6.45, 7) is 3.54. The Morgan fingerprint density at radius 3 is 3.06 bits per heavy atom. The number of nitrogens with one attached hydrogen (secondary N) is 1. The van der Waals surface area contributed by atoms with Gasteiger partial charge in [-0.25, -0.2) is 0 Å². The second-order valence-corrected chi connectivity index (χ2v) is 4.34. The van der Waals surface area contributed by atoms with Crippen molar-refractivity contribution in [1.82, 2.24) is 10.2 Å². The Labute approximate surface area is 101 Å². The van der Waals surface area contributed by atoms with E-state index < -0.39 is 0 Å². The molecule has 4 nitrogen and oxygen atoms in total. The summed E-state index contributed by atoms with van der Waals surface area (Å²) in [5.41, 5.74) is 3.80. The molecule has 0 radical (unpaired) electrons. The van der Waals surface area contributed by atoms with E-state index in [9.17, 15) is 9.59 Å². The van der Waals surface area contributed by atoms with Crippen molar-refractivity contribution < 1.29 is 9.59 Å². The first-order valence-electron chi connectivity index (χ1n) is 5.74. The number of fused-ring (bicyclic) bond motifs is 1. The number of amides is 2. The Morgan fingerprint density at radius 2 is 2.29 bits per heavy atom. The van der Waals surface area contributed by atoms with Crippen LogP contribution in [0.25, 0.3) is 0 Å². The Kier molecular flexibility index (Phi) is 3.42. The zero-order valence-corrected chi connectivity index (χ0v) is 9.90. The highest BCUT2D eigenvalue weighted by Gasteiger charge is 2.19. The highest BCUT2D eigenvalue weighted by molar-refractivity contribution is 5.80. The van der Waals surface area contributed by atoms with Crippen molar-refractivity contribution in [2.75, 3.05) is 13.1 Å². The van der Waals surface area contributed by atoms with Crippen LogP contribution in [-0.2, 0) is 22.6 Å². The molecule has 0 aliphatic carbocycles. The van der Waals surface area contributed by atoms with E-state index in [1.165, 1.54) is 16.7 Å².